The molecule has 0 saturated heterocycles. The number of amides is 1. The highest BCUT2D eigenvalue weighted by Crippen LogP contribution is 2.18. The summed E-state index contributed by atoms with van der Waals surface area (Å²) in [6, 6.07) is 15.2. The van der Waals surface area contributed by atoms with Gasteiger partial charge < -0.3 is 9.88 Å². The standard InChI is InChI=1S/C23H28ClN3O/c1-2-3-4-5-8-17-27-21-10-7-6-9-20(21)26-22(27)15-16-25-23(28)18-11-13-19(24)14-12-18/h6-7,9-14H,2-5,8,15-17H2,1H3,(H,25,28). The van der Waals surface area contributed by atoms with Crippen molar-refractivity contribution in [3.05, 3.63) is 64.9 Å². The molecule has 148 valence electrons. The maximum atomic E-state index is 12.3. The lowest BCUT2D eigenvalue weighted by Gasteiger charge is -2.10. The molecule has 28 heavy (non-hydrogen) atoms. The Balaban J connectivity index is 1.62. The Morgan fingerprint density at radius 1 is 1.04 bits per heavy atom. The molecular formula is C23H28ClN3O. The lowest BCUT2D eigenvalue weighted by atomic mass is 10.1. The van der Waals surface area contributed by atoms with Crippen molar-refractivity contribution in [2.24, 2.45) is 0 Å². The molecule has 0 atom stereocenters. The second kappa shape index (κ2) is 10.3. The molecule has 1 heterocycles. The van der Waals surface area contributed by atoms with Gasteiger partial charge in [-0.15, -0.1) is 0 Å². The number of carbonyl (C=O) groups excluding carboxylic acids is 1. The van der Waals surface area contributed by atoms with Crippen LogP contribution in [0.15, 0.2) is 48.5 Å². The van der Waals surface area contributed by atoms with Crippen LogP contribution in [0.2, 0.25) is 5.02 Å². The summed E-state index contributed by atoms with van der Waals surface area (Å²) >= 11 is 5.88. The highest BCUT2D eigenvalue weighted by molar-refractivity contribution is 6.30. The fourth-order valence-electron chi connectivity index (χ4n) is 3.43. The van der Waals surface area contributed by atoms with Crippen molar-refractivity contribution >= 4 is 28.5 Å². The van der Waals surface area contributed by atoms with E-state index in [2.05, 4.69) is 35.0 Å². The van der Waals surface area contributed by atoms with E-state index in [-0.39, 0.29) is 5.91 Å². The zero-order valence-corrected chi connectivity index (χ0v) is 17.2. The molecule has 0 aliphatic carbocycles. The fourth-order valence-corrected chi connectivity index (χ4v) is 3.56. The molecular weight excluding hydrogens is 370 g/mol. The number of nitrogens with one attached hydrogen (secondary N) is 1. The summed E-state index contributed by atoms with van der Waals surface area (Å²) in [5, 5.41) is 3.62. The van der Waals surface area contributed by atoms with Crippen molar-refractivity contribution in [2.75, 3.05) is 6.54 Å². The number of unbranched alkanes of at least 4 members (excludes halogenated alkanes) is 4. The van der Waals surface area contributed by atoms with Gasteiger partial charge in [0.1, 0.15) is 5.82 Å². The SMILES string of the molecule is CCCCCCCn1c(CCNC(=O)c2ccc(Cl)cc2)nc2ccccc21. The third kappa shape index (κ3) is 5.35. The van der Waals surface area contributed by atoms with Crippen molar-refractivity contribution in [3.8, 4) is 0 Å². The number of halogens is 1. The summed E-state index contributed by atoms with van der Waals surface area (Å²) in [5.74, 6) is 0.951. The minimum absolute atomic E-state index is 0.0844. The van der Waals surface area contributed by atoms with E-state index in [0.717, 1.165) is 24.3 Å². The summed E-state index contributed by atoms with van der Waals surface area (Å²) in [7, 11) is 0. The van der Waals surface area contributed by atoms with E-state index in [9.17, 15) is 4.79 Å². The van der Waals surface area contributed by atoms with Crippen LogP contribution in [-0.4, -0.2) is 22.0 Å². The van der Waals surface area contributed by atoms with Crippen LogP contribution in [0.5, 0.6) is 0 Å². The zero-order chi connectivity index (χ0) is 19.8. The van der Waals surface area contributed by atoms with E-state index >= 15 is 0 Å². The van der Waals surface area contributed by atoms with E-state index < -0.39 is 0 Å². The van der Waals surface area contributed by atoms with Gasteiger partial charge in [0, 0.05) is 30.1 Å². The highest BCUT2D eigenvalue weighted by atomic mass is 35.5. The minimum atomic E-state index is -0.0844. The smallest absolute Gasteiger partial charge is 0.251 e. The van der Waals surface area contributed by atoms with Gasteiger partial charge in [-0.2, -0.15) is 0 Å². The van der Waals surface area contributed by atoms with Crippen molar-refractivity contribution in [3.63, 3.8) is 0 Å². The van der Waals surface area contributed by atoms with Crippen LogP contribution < -0.4 is 5.32 Å². The van der Waals surface area contributed by atoms with Gasteiger partial charge in [0.2, 0.25) is 0 Å². The first-order valence-corrected chi connectivity index (χ1v) is 10.5. The van der Waals surface area contributed by atoms with E-state index in [1.165, 1.54) is 31.2 Å². The average molecular weight is 398 g/mol. The fraction of sp³-hybridized carbons (Fsp3) is 0.391. The topological polar surface area (TPSA) is 46.9 Å². The number of hydrogen-bond acceptors (Lipinski definition) is 2. The number of nitrogens with zero attached hydrogens (tertiary/aromatic N) is 2. The van der Waals surface area contributed by atoms with Crippen LogP contribution in [0.25, 0.3) is 11.0 Å². The molecule has 2 aromatic carbocycles. The second-order valence-electron chi connectivity index (χ2n) is 7.10. The number of carbonyl (C=O) groups is 1. The zero-order valence-electron chi connectivity index (χ0n) is 16.5. The molecule has 0 aliphatic rings. The first kappa shape index (κ1) is 20.4. The average Bonchev–Trinajstić information content (AvgIpc) is 3.06. The predicted octanol–water partition coefficient (Wildman–Crippen LogP) is 5.63. The monoisotopic (exact) mass is 397 g/mol. The van der Waals surface area contributed by atoms with Crippen molar-refractivity contribution in [2.45, 2.75) is 52.0 Å². The molecule has 0 saturated carbocycles. The van der Waals surface area contributed by atoms with Crippen molar-refractivity contribution < 1.29 is 4.79 Å². The minimum Gasteiger partial charge on any atom is -0.352 e. The third-order valence-electron chi connectivity index (χ3n) is 4.96. The van der Waals surface area contributed by atoms with E-state index in [4.69, 9.17) is 16.6 Å². The summed E-state index contributed by atoms with van der Waals surface area (Å²) in [6.45, 7) is 3.77. The summed E-state index contributed by atoms with van der Waals surface area (Å²) in [6.07, 6.45) is 6.96. The van der Waals surface area contributed by atoms with Crippen molar-refractivity contribution in [1.29, 1.82) is 0 Å². The van der Waals surface area contributed by atoms with Crippen LogP contribution in [0.3, 0.4) is 0 Å². The molecule has 3 rings (SSSR count). The van der Waals surface area contributed by atoms with Gasteiger partial charge in [-0.25, -0.2) is 4.98 Å². The number of rotatable bonds is 10. The largest absolute Gasteiger partial charge is 0.352 e. The maximum absolute atomic E-state index is 12.3. The Bertz CT molecular complexity index is 902. The van der Waals surface area contributed by atoms with Gasteiger partial charge in [-0.3, -0.25) is 4.79 Å². The normalized spacial score (nSPS) is 11.1. The van der Waals surface area contributed by atoms with Gasteiger partial charge in [-0.05, 0) is 42.8 Å². The van der Waals surface area contributed by atoms with Gasteiger partial charge >= 0.3 is 0 Å². The predicted molar refractivity (Wildman–Crippen MR) is 116 cm³/mol. The van der Waals surface area contributed by atoms with Gasteiger partial charge in [0.25, 0.3) is 5.91 Å². The van der Waals surface area contributed by atoms with Crippen LogP contribution >= 0.6 is 11.6 Å². The lowest BCUT2D eigenvalue weighted by Crippen LogP contribution is -2.26. The Kier molecular flexibility index (Phi) is 7.49. The van der Waals surface area contributed by atoms with Crippen LogP contribution in [0.1, 0.15) is 55.2 Å². The molecule has 4 nitrogen and oxygen atoms in total. The Hall–Kier alpha value is -2.33. The van der Waals surface area contributed by atoms with E-state index in [0.29, 0.717) is 23.6 Å². The second-order valence-corrected chi connectivity index (χ2v) is 7.53. The maximum Gasteiger partial charge on any atom is 0.251 e. The third-order valence-corrected chi connectivity index (χ3v) is 5.21. The number of para-hydroxylation sites is 2. The molecule has 0 spiro atoms. The van der Waals surface area contributed by atoms with Crippen LogP contribution in [-0.2, 0) is 13.0 Å². The quantitative estimate of drug-likeness (QED) is 0.450. The van der Waals surface area contributed by atoms with Crippen LogP contribution in [0.4, 0.5) is 0 Å². The Morgan fingerprint density at radius 3 is 2.57 bits per heavy atom. The first-order chi connectivity index (χ1) is 13.7. The van der Waals surface area contributed by atoms with Gasteiger partial charge in [-0.1, -0.05) is 56.3 Å². The lowest BCUT2D eigenvalue weighted by molar-refractivity contribution is 0.0954. The summed E-state index contributed by atoms with van der Waals surface area (Å²) < 4.78 is 2.32. The van der Waals surface area contributed by atoms with E-state index in [1.54, 1.807) is 24.3 Å². The van der Waals surface area contributed by atoms with Crippen molar-refractivity contribution in [1.82, 2.24) is 14.9 Å². The molecule has 1 aromatic heterocycles. The molecule has 1 amide bonds. The molecule has 0 bridgehead atoms. The first-order valence-electron chi connectivity index (χ1n) is 10.2. The number of aryl methyl sites for hydroxylation is 1. The molecule has 0 radical (unpaired) electrons. The molecule has 0 aliphatic heterocycles. The Morgan fingerprint density at radius 2 is 1.79 bits per heavy atom. The number of fused-ring (bicyclic) bond motifs is 1. The number of imidazole rings is 1. The number of hydrogen-bond donors (Lipinski definition) is 1. The molecule has 1 N–H and O–H groups in total. The van der Waals surface area contributed by atoms with Crippen LogP contribution in [0, 0.1) is 0 Å². The molecule has 3 aromatic rings. The van der Waals surface area contributed by atoms with E-state index in [1.807, 2.05) is 6.07 Å². The molecule has 5 heteroatoms. The van der Waals surface area contributed by atoms with Gasteiger partial charge in [0.15, 0.2) is 0 Å². The van der Waals surface area contributed by atoms with Gasteiger partial charge in [0.05, 0.1) is 11.0 Å². The molecule has 0 unspecified atom stereocenters. The Labute approximate surface area is 171 Å². The molecule has 0 fully saturated rings. The number of aromatic nitrogens is 2. The number of benzene rings is 2. The summed E-state index contributed by atoms with van der Waals surface area (Å²) in [4.78, 5) is 17.1. The highest BCUT2D eigenvalue weighted by Gasteiger charge is 2.11. The summed E-state index contributed by atoms with van der Waals surface area (Å²) in [5.41, 5.74) is 2.82.